The topological polar surface area (TPSA) is 63.2 Å². The molecule has 3 aromatic heterocycles. The summed E-state index contributed by atoms with van der Waals surface area (Å²) in [4.78, 5) is 0. The lowest BCUT2D eigenvalue weighted by Gasteiger charge is -1.93. The van der Waals surface area contributed by atoms with E-state index in [1.807, 2.05) is 72.8 Å². The smallest absolute Gasteiger partial charge is 0.170 e. The van der Waals surface area contributed by atoms with Crippen molar-refractivity contribution in [2.45, 2.75) is 0 Å². The Morgan fingerprint density at radius 3 is 2.15 bits per heavy atom. The van der Waals surface area contributed by atoms with E-state index in [4.69, 9.17) is 13.3 Å². The molecule has 27 heavy (non-hydrogen) atoms. The van der Waals surface area contributed by atoms with Crippen molar-refractivity contribution < 1.29 is 13.3 Å². The third-order valence-corrected chi connectivity index (χ3v) is 4.39. The van der Waals surface area contributed by atoms with Crippen molar-refractivity contribution in [2.24, 2.45) is 0 Å². The van der Waals surface area contributed by atoms with Crippen molar-refractivity contribution in [3.63, 3.8) is 0 Å². The zero-order chi connectivity index (χ0) is 18.2. The summed E-state index contributed by atoms with van der Waals surface area (Å²) in [7, 11) is 0. The molecule has 0 N–H and O–H groups in total. The standard InChI is InChI=1S/C23H13NO3/c24-14-17(22-12-15-5-1-3-7-19(15)26-22)11-18-9-10-21(25-18)23-13-16-6-2-4-8-20(16)27-23/h1-13H/b17-11+. The van der Waals surface area contributed by atoms with Crippen LogP contribution >= 0.6 is 0 Å². The van der Waals surface area contributed by atoms with E-state index in [2.05, 4.69) is 6.07 Å². The normalized spacial score (nSPS) is 11.9. The van der Waals surface area contributed by atoms with Gasteiger partial charge in [-0.3, -0.25) is 0 Å². The molecular weight excluding hydrogens is 338 g/mol. The molecule has 3 heterocycles. The fourth-order valence-corrected chi connectivity index (χ4v) is 3.08. The zero-order valence-electron chi connectivity index (χ0n) is 14.2. The molecule has 0 bridgehead atoms. The first-order chi connectivity index (χ1) is 13.3. The van der Waals surface area contributed by atoms with E-state index in [-0.39, 0.29) is 0 Å². The van der Waals surface area contributed by atoms with Crippen LogP contribution in [0.4, 0.5) is 0 Å². The molecule has 0 aliphatic heterocycles. The second-order valence-corrected chi connectivity index (χ2v) is 6.17. The van der Waals surface area contributed by atoms with Crippen LogP contribution in [0.25, 0.3) is 45.1 Å². The van der Waals surface area contributed by atoms with Gasteiger partial charge in [-0.15, -0.1) is 0 Å². The van der Waals surface area contributed by atoms with Gasteiger partial charge in [0.1, 0.15) is 28.8 Å². The van der Waals surface area contributed by atoms with Gasteiger partial charge in [-0.05, 0) is 36.4 Å². The van der Waals surface area contributed by atoms with E-state index in [1.54, 1.807) is 6.08 Å². The molecule has 4 nitrogen and oxygen atoms in total. The number of hydrogen-bond acceptors (Lipinski definition) is 4. The minimum Gasteiger partial charge on any atom is -0.455 e. The molecular formula is C23H13NO3. The third kappa shape index (κ3) is 2.72. The summed E-state index contributed by atoms with van der Waals surface area (Å²) < 4.78 is 17.5. The van der Waals surface area contributed by atoms with E-state index in [0.29, 0.717) is 28.6 Å². The Bertz CT molecular complexity index is 1270. The van der Waals surface area contributed by atoms with Crippen LogP contribution in [0.15, 0.2) is 86.0 Å². The molecule has 0 fully saturated rings. The summed E-state index contributed by atoms with van der Waals surface area (Å²) >= 11 is 0. The highest BCUT2D eigenvalue weighted by atomic mass is 16.4. The molecule has 4 heteroatoms. The number of allylic oxidation sites excluding steroid dienone is 1. The van der Waals surface area contributed by atoms with Gasteiger partial charge in [-0.25, -0.2) is 0 Å². The summed E-state index contributed by atoms with van der Waals surface area (Å²) in [6.45, 7) is 0. The fourth-order valence-electron chi connectivity index (χ4n) is 3.08. The highest BCUT2D eigenvalue weighted by Crippen LogP contribution is 2.31. The summed E-state index contributed by atoms with van der Waals surface area (Å²) in [5.74, 6) is 2.33. The van der Waals surface area contributed by atoms with E-state index < -0.39 is 0 Å². The Hall–Kier alpha value is -3.97. The monoisotopic (exact) mass is 351 g/mol. The first-order valence-corrected chi connectivity index (χ1v) is 8.50. The molecule has 0 atom stereocenters. The highest BCUT2D eigenvalue weighted by molar-refractivity contribution is 5.91. The van der Waals surface area contributed by atoms with Gasteiger partial charge in [-0.1, -0.05) is 36.4 Å². The molecule has 5 rings (SSSR count). The van der Waals surface area contributed by atoms with Gasteiger partial charge in [-0.2, -0.15) is 5.26 Å². The summed E-state index contributed by atoms with van der Waals surface area (Å²) in [6, 6.07) is 25.1. The minimum absolute atomic E-state index is 0.400. The van der Waals surface area contributed by atoms with Gasteiger partial charge in [0.05, 0.1) is 5.57 Å². The molecule has 128 valence electrons. The minimum atomic E-state index is 0.400. The van der Waals surface area contributed by atoms with Gasteiger partial charge in [0, 0.05) is 16.8 Å². The van der Waals surface area contributed by atoms with Gasteiger partial charge < -0.3 is 13.3 Å². The highest BCUT2D eigenvalue weighted by Gasteiger charge is 2.12. The SMILES string of the molecule is N#C/C(=C\c1ccc(-c2cc3ccccc3o2)o1)c1cc2ccccc2o1. The number of furan rings is 3. The van der Waals surface area contributed by atoms with Gasteiger partial charge in [0.25, 0.3) is 0 Å². The molecule has 0 aliphatic carbocycles. The van der Waals surface area contributed by atoms with Crippen molar-refractivity contribution in [2.75, 3.05) is 0 Å². The number of nitriles is 1. The average molecular weight is 351 g/mol. The number of rotatable bonds is 3. The van der Waals surface area contributed by atoms with Crippen molar-refractivity contribution in [3.8, 4) is 17.6 Å². The van der Waals surface area contributed by atoms with Crippen molar-refractivity contribution in [3.05, 3.63) is 84.3 Å². The Morgan fingerprint density at radius 2 is 1.44 bits per heavy atom. The fraction of sp³-hybridized carbons (Fsp3) is 0. The van der Waals surface area contributed by atoms with Crippen LogP contribution in [-0.2, 0) is 0 Å². The Morgan fingerprint density at radius 1 is 0.741 bits per heavy atom. The lowest BCUT2D eigenvalue weighted by atomic mass is 10.1. The first kappa shape index (κ1) is 15.3. The first-order valence-electron chi connectivity index (χ1n) is 8.50. The maximum absolute atomic E-state index is 9.55. The molecule has 2 aromatic carbocycles. The number of hydrogen-bond donors (Lipinski definition) is 0. The molecule has 0 spiro atoms. The van der Waals surface area contributed by atoms with Gasteiger partial charge >= 0.3 is 0 Å². The Balaban J connectivity index is 1.51. The molecule has 0 radical (unpaired) electrons. The average Bonchev–Trinajstić information content (AvgIpc) is 3.42. The lowest BCUT2D eigenvalue weighted by molar-refractivity contribution is 0.535. The van der Waals surface area contributed by atoms with Crippen LogP contribution in [0, 0.1) is 11.3 Å². The number of fused-ring (bicyclic) bond motifs is 2. The largest absolute Gasteiger partial charge is 0.455 e. The number of benzene rings is 2. The molecule has 0 saturated heterocycles. The van der Waals surface area contributed by atoms with Crippen LogP contribution in [0.1, 0.15) is 11.5 Å². The maximum atomic E-state index is 9.55. The second-order valence-electron chi connectivity index (χ2n) is 6.17. The molecule has 5 aromatic rings. The second kappa shape index (κ2) is 6.08. The van der Waals surface area contributed by atoms with Crippen LogP contribution in [0.2, 0.25) is 0 Å². The molecule has 0 aliphatic rings. The van der Waals surface area contributed by atoms with Crippen molar-refractivity contribution in [1.29, 1.82) is 5.26 Å². The van der Waals surface area contributed by atoms with Gasteiger partial charge in [0.2, 0.25) is 0 Å². The summed E-state index contributed by atoms with van der Waals surface area (Å²) in [6.07, 6.45) is 1.67. The van der Waals surface area contributed by atoms with E-state index in [1.165, 1.54) is 0 Å². The van der Waals surface area contributed by atoms with Gasteiger partial charge in [0.15, 0.2) is 11.5 Å². The predicted octanol–water partition coefficient (Wildman–Crippen LogP) is 6.50. The van der Waals surface area contributed by atoms with Crippen LogP contribution in [0.3, 0.4) is 0 Å². The number of nitrogens with zero attached hydrogens (tertiary/aromatic N) is 1. The van der Waals surface area contributed by atoms with Crippen LogP contribution < -0.4 is 0 Å². The molecule has 0 amide bonds. The zero-order valence-corrected chi connectivity index (χ0v) is 14.2. The van der Waals surface area contributed by atoms with E-state index in [9.17, 15) is 5.26 Å². The Kier molecular flexibility index (Phi) is 3.44. The quantitative estimate of drug-likeness (QED) is 0.348. The molecule has 0 unspecified atom stereocenters. The predicted molar refractivity (Wildman–Crippen MR) is 104 cm³/mol. The summed E-state index contributed by atoms with van der Waals surface area (Å²) in [5.41, 5.74) is 1.95. The Labute approximate surface area is 154 Å². The summed E-state index contributed by atoms with van der Waals surface area (Å²) in [5, 5.41) is 11.5. The molecule has 0 saturated carbocycles. The van der Waals surface area contributed by atoms with E-state index in [0.717, 1.165) is 21.9 Å². The van der Waals surface area contributed by atoms with Crippen molar-refractivity contribution in [1.82, 2.24) is 0 Å². The maximum Gasteiger partial charge on any atom is 0.170 e. The number of para-hydroxylation sites is 2. The van der Waals surface area contributed by atoms with Crippen molar-refractivity contribution >= 4 is 33.6 Å². The lowest BCUT2D eigenvalue weighted by Crippen LogP contribution is -1.76. The van der Waals surface area contributed by atoms with Crippen LogP contribution in [0.5, 0.6) is 0 Å². The third-order valence-electron chi connectivity index (χ3n) is 4.39. The van der Waals surface area contributed by atoms with E-state index >= 15 is 0 Å². The van der Waals surface area contributed by atoms with Crippen LogP contribution in [-0.4, -0.2) is 0 Å².